The van der Waals surface area contributed by atoms with E-state index >= 15 is 0 Å². The number of hydrogen-bond donors (Lipinski definition) is 2. The third-order valence-corrected chi connectivity index (χ3v) is 4.47. The summed E-state index contributed by atoms with van der Waals surface area (Å²) in [5.41, 5.74) is 1.24. The molecule has 2 N–H and O–H groups in total. The van der Waals surface area contributed by atoms with Crippen molar-refractivity contribution in [1.29, 1.82) is 0 Å². The van der Waals surface area contributed by atoms with Crippen LogP contribution in [0, 0.1) is 11.7 Å². The first-order valence-corrected chi connectivity index (χ1v) is 7.85. The summed E-state index contributed by atoms with van der Waals surface area (Å²) in [4.78, 5) is 28.8. The molecule has 0 atom stereocenters. The van der Waals surface area contributed by atoms with Gasteiger partial charge < -0.3 is 15.2 Å². The van der Waals surface area contributed by atoms with E-state index in [2.05, 4.69) is 10.3 Å². The van der Waals surface area contributed by atoms with Gasteiger partial charge in [-0.05, 0) is 43.0 Å². The van der Waals surface area contributed by atoms with E-state index in [0.29, 0.717) is 36.5 Å². The first-order chi connectivity index (χ1) is 11.1. The van der Waals surface area contributed by atoms with E-state index in [-0.39, 0.29) is 17.6 Å². The molecule has 0 unspecified atom stereocenters. The molecule has 1 aliphatic rings. The van der Waals surface area contributed by atoms with Crippen molar-refractivity contribution in [2.75, 3.05) is 20.1 Å². The number of benzene rings is 1. The number of nitrogens with zero attached hydrogens (tertiary/aromatic N) is 1. The van der Waals surface area contributed by atoms with Crippen LogP contribution >= 0.6 is 0 Å². The predicted molar refractivity (Wildman–Crippen MR) is 85.6 cm³/mol. The standard InChI is InChI=1S/C17H20FN3O2/c1-19-16(22)8-11-4-6-21(7-5-11)17(23)15-10-12-9-13(18)2-3-14(12)20-15/h2-3,9-11,20H,4-8H2,1H3,(H,19,22). The molecule has 2 heterocycles. The van der Waals surface area contributed by atoms with Gasteiger partial charge in [-0.25, -0.2) is 4.39 Å². The number of piperidine rings is 1. The number of hydrogen-bond acceptors (Lipinski definition) is 2. The molecule has 1 saturated heterocycles. The fourth-order valence-electron chi connectivity index (χ4n) is 3.09. The topological polar surface area (TPSA) is 65.2 Å². The van der Waals surface area contributed by atoms with E-state index in [4.69, 9.17) is 0 Å². The number of fused-ring (bicyclic) bond motifs is 1. The summed E-state index contributed by atoms with van der Waals surface area (Å²) < 4.78 is 13.2. The number of halogens is 1. The molecule has 23 heavy (non-hydrogen) atoms. The Balaban J connectivity index is 1.65. The van der Waals surface area contributed by atoms with Gasteiger partial charge >= 0.3 is 0 Å². The number of H-pyrrole nitrogens is 1. The van der Waals surface area contributed by atoms with Crippen molar-refractivity contribution in [1.82, 2.24) is 15.2 Å². The van der Waals surface area contributed by atoms with E-state index in [0.717, 1.165) is 18.4 Å². The zero-order chi connectivity index (χ0) is 16.4. The molecule has 0 bridgehead atoms. The van der Waals surface area contributed by atoms with Crippen LogP contribution in [0.4, 0.5) is 4.39 Å². The van der Waals surface area contributed by atoms with Gasteiger partial charge in [0.15, 0.2) is 0 Å². The van der Waals surface area contributed by atoms with Crippen LogP contribution in [0.15, 0.2) is 24.3 Å². The highest BCUT2D eigenvalue weighted by atomic mass is 19.1. The minimum absolute atomic E-state index is 0.0485. The smallest absolute Gasteiger partial charge is 0.270 e. The number of nitrogens with one attached hydrogen (secondary N) is 2. The second-order valence-electron chi connectivity index (χ2n) is 6.03. The van der Waals surface area contributed by atoms with Gasteiger partial charge in [0.2, 0.25) is 5.91 Å². The number of carbonyl (C=O) groups is 2. The molecule has 1 aromatic carbocycles. The zero-order valence-corrected chi connectivity index (χ0v) is 13.1. The maximum Gasteiger partial charge on any atom is 0.270 e. The number of carbonyl (C=O) groups excluding carboxylic acids is 2. The fourth-order valence-corrected chi connectivity index (χ4v) is 3.09. The second kappa shape index (κ2) is 6.40. The average Bonchev–Trinajstić information content (AvgIpc) is 2.97. The molecule has 0 radical (unpaired) electrons. The van der Waals surface area contributed by atoms with Crippen molar-refractivity contribution in [3.05, 3.63) is 35.8 Å². The SMILES string of the molecule is CNC(=O)CC1CCN(C(=O)c2cc3cc(F)ccc3[nH]2)CC1. The van der Waals surface area contributed by atoms with Gasteiger partial charge in [-0.1, -0.05) is 0 Å². The van der Waals surface area contributed by atoms with E-state index in [9.17, 15) is 14.0 Å². The molecule has 0 spiro atoms. The van der Waals surface area contributed by atoms with Crippen molar-refractivity contribution < 1.29 is 14.0 Å². The molecule has 5 nitrogen and oxygen atoms in total. The Bertz CT molecular complexity index is 733. The largest absolute Gasteiger partial charge is 0.359 e. The van der Waals surface area contributed by atoms with Gasteiger partial charge in [-0.3, -0.25) is 9.59 Å². The highest BCUT2D eigenvalue weighted by Gasteiger charge is 2.25. The Morgan fingerprint density at radius 2 is 2.04 bits per heavy atom. The molecule has 1 aliphatic heterocycles. The fraction of sp³-hybridized carbons (Fsp3) is 0.412. The number of likely N-dealkylation sites (tertiary alicyclic amines) is 1. The third-order valence-electron chi connectivity index (χ3n) is 4.47. The van der Waals surface area contributed by atoms with Crippen LogP contribution in [-0.4, -0.2) is 41.8 Å². The van der Waals surface area contributed by atoms with Crippen LogP contribution in [0.5, 0.6) is 0 Å². The number of amides is 2. The van der Waals surface area contributed by atoms with E-state index in [1.54, 1.807) is 24.1 Å². The molecule has 1 aromatic heterocycles. The monoisotopic (exact) mass is 317 g/mol. The van der Waals surface area contributed by atoms with Gasteiger partial charge in [-0.2, -0.15) is 0 Å². The maximum absolute atomic E-state index is 13.2. The molecular formula is C17H20FN3O2. The Morgan fingerprint density at radius 3 is 2.74 bits per heavy atom. The van der Waals surface area contributed by atoms with Gasteiger partial charge in [0, 0.05) is 37.5 Å². The van der Waals surface area contributed by atoms with Crippen molar-refractivity contribution in [2.24, 2.45) is 5.92 Å². The summed E-state index contributed by atoms with van der Waals surface area (Å²) in [5.74, 6) is -0.00579. The third kappa shape index (κ3) is 3.36. The normalized spacial score (nSPS) is 15.8. The summed E-state index contributed by atoms with van der Waals surface area (Å²) in [6.07, 6.45) is 2.17. The van der Waals surface area contributed by atoms with Crippen LogP contribution in [-0.2, 0) is 4.79 Å². The molecule has 2 aromatic rings. The lowest BCUT2D eigenvalue weighted by atomic mass is 9.93. The first kappa shape index (κ1) is 15.5. The minimum atomic E-state index is -0.314. The first-order valence-electron chi connectivity index (χ1n) is 7.85. The van der Waals surface area contributed by atoms with Gasteiger partial charge in [0.25, 0.3) is 5.91 Å². The van der Waals surface area contributed by atoms with E-state index < -0.39 is 0 Å². The molecule has 3 rings (SSSR count). The van der Waals surface area contributed by atoms with Gasteiger partial charge in [-0.15, -0.1) is 0 Å². The van der Waals surface area contributed by atoms with Crippen LogP contribution in [0.25, 0.3) is 10.9 Å². The summed E-state index contributed by atoms with van der Waals surface area (Å²) in [5, 5.41) is 3.33. The minimum Gasteiger partial charge on any atom is -0.359 e. The zero-order valence-electron chi connectivity index (χ0n) is 13.1. The second-order valence-corrected chi connectivity index (χ2v) is 6.03. The summed E-state index contributed by atoms with van der Waals surface area (Å²) >= 11 is 0. The van der Waals surface area contributed by atoms with Crippen LogP contribution < -0.4 is 5.32 Å². The lowest BCUT2D eigenvalue weighted by molar-refractivity contribution is -0.121. The number of aromatic nitrogens is 1. The van der Waals surface area contributed by atoms with Crippen molar-refractivity contribution >= 4 is 22.7 Å². The lowest BCUT2D eigenvalue weighted by Crippen LogP contribution is -2.39. The molecule has 1 fully saturated rings. The van der Waals surface area contributed by atoms with E-state index in [1.165, 1.54) is 12.1 Å². The Labute approximate surface area is 133 Å². The molecular weight excluding hydrogens is 297 g/mol. The highest BCUT2D eigenvalue weighted by Crippen LogP contribution is 2.23. The maximum atomic E-state index is 13.2. The van der Waals surface area contributed by atoms with Gasteiger partial charge in [0.05, 0.1) is 0 Å². The molecule has 2 amide bonds. The summed E-state index contributed by atoms with van der Waals surface area (Å²) in [6, 6.07) is 6.12. The molecule has 6 heteroatoms. The Hall–Kier alpha value is -2.37. The van der Waals surface area contributed by atoms with Crippen LogP contribution in [0.1, 0.15) is 29.8 Å². The van der Waals surface area contributed by atoms with Crippen molar-refractivity contribution in [2.45, 2.75) is 19.3 Å². The predicted octanol–water partition coefficient (Wildman–Crippen LogP) is 2.30. The van der Waals surface area contributed by atoms with Crippen LogP contribution in [0.2, 0.25) is 0 Å². The van der Waals surface area contributed by atoms with Crippen molar-refractivity contribution in [3.8, 4) is 0 Å². The molecule has 0 saturated carbocycles. The summed E-state index contributed by atoms with van der Waals surface area (Å²) in [7, 11) is 1.64. The quantitative estimate of drug-likeness (QED) is 0.912. The lowest BCUT2D eigenvalue weighted by Gasteiger charge is -2.31. The Morgan fingerprint density at radius 1 is 1.30 bits per heavy atom. The van der Waals surface area contributed by atoms with Gasteiger partial charge in [0.1, 0.15) is 11.5 Å². The highest BCUT2D eigenvalue weighted by molar-refractivity contribution is 5.98. The Kier molecular flexibility index (Phi) is 4.32. The number of aromatic amines is 1. The molecule has 0 aliphatic carbocycles. The molecule has 122 valence electrons. The summed E-state index contributed by atoms with van der Waals surface area (Å²) in [6.45, 7) is 1.29. The van der Waals surface area contributed by atoms with Crippen molar-refractivity contribution in [3.63, 3.8) is 0 Å². The average molecular weight is 317 g/mol. The number of rotatable bonds is 3. The van der Waals surface area contributed by atoms with Crippen LogP contribution in [0.3, 0.4) is 0 Å². The van der Waals surface area contributed by atoms with E-state index in [1.807, 2.05) is 0 Å².